The summed E-state index contributed by atoms with van der Waals surface area (Å²) in [6.07, 6.45) is 0.364. The van der Waals surface area contributed by atoms with Crippen molar-refractivity contribution in [3.05, 3.63) is 35.6 Å². The number of ether oxygens (including phenoxy) is 1. The van der Waals surface area contributed by atoms with Crippen LogP contribution in [0.5, 0.6) is 0 Å². The Morgan fingerprint density at radius 3 is 2.75 bits per heavy atom. The van der Waals surface area contributed by atoms with Gasteiger partial charge in [0.25, 0.3) is 0 Å². The van der Waals surface area contributed by atoms with E-state index in [-0.39, 0.29) is 12.0 Å². The normalized spacial score (nSPS) is 9.88. The monoisotopic (exact) mass is 224 g/mol. The maximum atomic E-state index is 12.8. The van der Waals surface area contributed by atoms with E-state index in [1.807, 2.05) is 6.92 Å². The summed E-state index contributed by atoms with van der Waals surface area (Å²) < 4.78 is 17.6. The third kappa shape index (κ3) is 3.81. The van der Waals surface area contributed by atoms with E-state index in [4.69, 9.17) is 4.74 Å². The van der Waals surface area contributed by atoms with Gasteiger partial charge in [0, 0.05) is 5.56 Å². The third-order valence-corrected chi connectivity index (χ3v) is 1.92. The van der Waals surface area contributed by atoms with Gasteiger partial charge in [0.1, 0.15) is 12.2 Å². The summed E-state index contributed by atoms with van der Waals surface area (Å²) in [6.45, 7) is 2.16. The first-order valence-electron chi connectivity index (χ1n) is 5.08. The Kier molecular flexibility index (Phi) is 4.64. The zero-order valence-corrected chi connectivity index (χ0v) is 9.03. The Balaban J connectivity index is 2.55. The molecule has 0 unspecified atom stereocenters. The number of hydrogen-bond donors (Lipinski definition) is 0. The highest BCUT2D eigenvalue weighted by Crippen LogP contribution is 2.07. The Bertz CT molecular complexity index is 388. The van der Waals surface area contributed by atoms with E-state index < -0.39 is 17.6 Å². The van der Waals surface area contributed by atoms with Crippen molar-refractivity contribution in [2.24, 2.45) is 0 Å². The largest absolute Gasteiger partial charge is 0.465 e. The molecule has 1 aromatic rings. The highest BCUT2D eigenvalue weighted by Gasteiger charge is 2.12. The van der Waals surface area contributed by atoms with Crippen LogP contribution in [-0.4, -0.2) is 18.4 Å². The summed E-state index contributed by atoms with van der Waals surface area (Å²) in [7, 11) is 0. The minimum Gasteiger partial charge on any atom is -0.465 e. The second kappa shape index (κ2) is 6.00. The van der Waals surface area contributed by atoms with Gasteiger partial charge in [0.05, 0.1) is 6.61 Å². The van der Waals surface area contributed by atoms with Crippen LogP contribution in [-0.2, 0) is 9.53 Å². The first-order valence-corrected chi connectivity index (χ1v) is 5.08. The molecular weight excluding hydrogens is 211 g/mol. The minimum absolute atomic E-state index is 0.188. The lowest BCUT2D eigenvalue weighted by molar-refractivity contribution is -0.142. The van der Waals surface area contributed by atoms with Crippen molar-refractivity contribution in [2.45, 2.75) is 19.8 Å². The molecule has 0 spiro atoms. The average Bonchev–Trinajstić information content (AvgIpc) is 2.26. The van der Waals surface area contributed by atoms with Gasteiger partial charge in [-0.25, -0.2) is 4.39 Å². The predicted molar refractivity (Wildman–Crippen MR) is 56.6 cm³/mol. The number of benzene rings is 1. The van der Waals surface area contributed by atoms with Crippen molar-refractivity contribution in [2.75, 3.05) is 6.61 Å². The molecule has 0 amide bonds. The molecule has 0 saturated heterocycles. The summed E-state index contributed by atoms with van der Waals surface area (Å²) in [5.41, 5.74) is 0.188. The molecule has 0 aliphatic rings. The fourth-order valence-corrected chi connectivity index (χ4v) is 1.16. The zero-order chi connectivity index (χ0) is 12.0. The van der Waals surface area contributed by atoms with Crippen LogP contribution in [0.25, 0.3) is 0 Å². The molecule has 16 heavy (non-hydrogen) atoms. The summed E-state index contributed by atoms with van der Waals surface area (Å²) >= 11 is 0. The van der Waals surface area contributed by atoms with Gasteiger partial charge < -0.3 is 4.74 Å². The molecule has 0 fully saturated rings. The molecule has 0 N–H and O–H groups in total. The van der Waals surface area contributed by atoms with Gasteiger partial charge in [-0.3, -0.25) is 9.59 Å². The Labute approximate surface area is 93.2 Å². The van der Waals surface area contributed by atoms with E-state index in [0.717, 1.165) is 6.07 Å². The van der Waals surface area contributed by atoms with Crippen LogP contribution in [0.2, 0.25) is 0 Å². The zero-order valence-electron chi connectivity index (χ0n) is 9.03. The van der Waals surface area contributed by atoms with Gasteiger partial charge in [-0.15, -0.1) is 0 Å². The van der Waals surface area contributed by atoms with Gasteiger partial charge >= 0.3 is 5.97 Å². The Morgan fingerprint density at radius 1 is 1.38 bits per heavy atom. The molecule has 0 heterocycles. The molecular formula is C12H13FO3. The molecule has 3 nitrogen and oxygen atoms in total. The molecule has 0 atom stereocenters. The molecule has 86 valence electrons. The fourth-order valence-electron chi connectivity index (χ4n) is 1.16. The van der Waals surface area contributed by atoms with E-state index in [1.165, 1.54) is 18.2 Å². The lowest BCUT2D eigenvalue weighted by atomic mass is 10.1. The standard InChI is InChI=1S/C12H13FO3/c1-2-6-16-12(15)8-11(14)9-4-3-5-10(13)7-9/h3-5,7H,2,6,8H2,1H3. The SMILES string of the molecule is CCCOC(=O)CC(=O)c1cccc(F)c1. The number of ketones is 1. The molecule has 0 radical (unpaired) electrons. The average molecular weight is 224 g/mol. The van der Waals surface area contributed by atoms with Crippen LogP contribution < -0.4 is 0 Å². The van der Waals surface area contributed by atoms with Crippen molar-refractivity contribution in [3.63, 3.8) is 0 Å². The van der Waals surface area contributed by atoms with Crippen LogP contribution in [0.15, 0.2) is 24.3 Å². The Hall–Kier alpha value is -1.71. The van der Waals surface area contributed by atoms with Crippen molar-refractivity contribution in [3.8, 4) is 0 Å². The summed E-state index contributed by atoms with van der Waals surface area (Å²) in [6, 6.07) is 5.25. The maximum Gasteiger partial charge on any atom is 0.313 e. The molecule has 0 aliphatic heterocycles. The minimum atomic E-state index is -0.573. The first kappa shape index (κ1) is 12.4. The highest BCUT2D eigenvalue weighted by molar-refractivity contribution is 6.05. The fraction of sp³-hybridized carbons (Fsp3) is 0.333. The van der Waals surface area contributed by atoms with Gasteiger partial charge in [0.15, 0.2) is 5.78 Å². The second-order valence-electron chi connectivity index (χ2n) is 3.33. The first-order chi connectivity index (χ1) is 7.63. The van der Waals surface area contributed by atoms with Crippen LogP contribution >= 0.6 is 0 Å². The van der Waals surface area contributed by atoms with Gasteiger partial charge in [-0.05, 0) is 18.6 Å². The van der Waals surface area contributed by atoms with Gasteiger partial charge in [-0.1, -0.05) is 19.1 Å². The van der Waals surface area contributed by atoms with Crippen LogP contribution in [0.3, 0.4) is 0 Å². The molecule has 0 aromatic heterocycles. The number of carbonyl (C=O) groups excluding carboxylic acids is 2. The molecule has 0 aliphatic carbocycles. The van der Waals surface area contributed by atoms with E-state index >= 15 is 0 Å². The number of Topliss-reactive ketones (excluding diaryl/α,β-unsaturated/α-hetero) is 1. The number of halogens is 1. The van der Waals surface area contributed by atoms with Crippen molar-refractivity contribution >= 4 is 11.8 Å². The highest BCUT2D eigenvalue weighted by atomic mass is 19.1. The topological polar surface area (TPSA) is 43.4 Å². The second-order valence-corrected chi connectivity index (χ2v) is 3.33. The van der Waals surface area contributed by atoms with E-state index in [9.17, 15) is 14.0 Å². The molecule has 4 heteroatoms. The molecule has 0 saturated carbocycles. The third-order valence-electron chi connectivity index (χ3n) is 1.92. The predicted octanol–water partition coefficient (Wildman–Crippen LogP) is 2.35. The van der Waals surface area contributed by atoms with Crippen molar-refractivity contribution in [1.82, 2.24) is 0 Å². The lowest BCUT2D eigenvalue weighted by Crippen LogP contribution is -2.12. The number of esters is 1. The Morgan fingerprint density at radius 2 is 2.12 bits per heavy atom. The van der Waals surface area contributed by atoms with Gasteiger partial charge in [0.2, 0.25) is 0 Å². The maximum absolute atomic E-state index is 12.8. The van der Waals surface area contributed by atoms with Crippen LogP contribution in [0, 0.1) is 5.82 Å². The summed E-state index contributed by atoms with van der Waals surface area (Å²) in [4.78, 5) is 22.6. The number of hydrogen-bond acceptors (Lipinski definition) is 3. The van der Waals surface area contributed by atoms with Crippen molar-refractivity contribution < 1.29 is 18.7 Å². The number of rotatable bonds is 5. The quantitative estimate of drug-likeness (QED) is 0.438. The smallest absolute Gasteiger partial charge is 0.313 e. The van der Waals surface area contributed by atoms with Crippen LogP contribution in [0.1, 0.15) is 30.1 Å². The molecule has 1 rings (SSSR count). The molecule has 0 bridgehead atoms. The molecule has 1 aromatic carbocycles. The summed E-state index contributed by atoms with van der Waals surface area (Å²) in [5, 5.41) is 0. The van der Waals surface area contributed by atoms with Crippen LogP contribution in [0.4, 0.5) is 4.39 Å². The van der Waals surface area contributed by atoms with Gasteiger partial charge in [-0.2, -0.15) is 0 Å². The van der Waals surface area contributed by atoms with E-state index in [2.05, 4.69) is 0 Å². The van der Waals surface area contributed by atoms with E-state index in [1.54, 1.807) is 0 Å². The van der Waals surface area contributed by atoms with Crippen molar-refractivity contribution in [1.29, 1.82) is 0 Å². The van der Waals surface area contributed by atoms with E-state index in [0.29, 0.717) is 13.0 Å². The number of carbonyl (C=O) groups is 2. The summed E-state index contributed by atoms with van der Waals surface area (Å²) in [5.74, 6) is -1.50. The lowest BCUT2D eigenvalue weighted by Gasteiger charge is -2.02.